The van der Waals surface area contributed by atoms with Gasteiger partial charge >= 0.3 is 5.97 Å². The van der Waals surface area contributed by atoms with Crippen molar-refractivity contribution in [3.8, 4) is 62.8 Å². The quantitative estimate of drug-likeness (QED) is 0.0555. The lowest BCUT2D eigenvalue weighted by atomic mass is 10.0. The highest BCUT2D eigenvalue weighted by molar-refractivity contribution is 5.75. The van der Waals surface area contributed by atoms with E-state index in [-0.39, 0.29) is 23.2 Å². The highest BCUT2D eigenvalue weighted by atomic mass is 16.5. The first-order valence-corrected chi connectivity index (χ1v) is 22.3. The first kappa shape index (κ1) is 46.7. The van der Waals surface area contributed by atoms with Gasteiger partial charge in [-0.2, -0.15) is 0 Å². The summed E-state index contributed by atoms with van der Waals surface area (Å²) in [5.74, 6) is 1.79. The molecular weight excluding hydrogens is 805 g/mol. The summed E-state index contributed by atoms with van der Waals surface area (Å²) < 4.78 is 11.1. The normalized spacial score (nSPS) is 11.0. The largest absolute Gasteiger partial charge is 0.507 e. The summed E-state index contributed by atoms with van der Waals surface area (Å²) in [7, 11) is 0. The fourth-order valence-electron chi connectivity index (χ4n) is 7.24. The summed E-state index contributed by atoms with van der Waals surface area (Å²) in [4.78, 5) is 27.5. The average molecular weight is 865 g/mol. The number of fused-ring (bicyclic) bond motifs is 1. The highest BCUT2D eigenvalue weighted by Crippen LogP contribution is 2.35. The fraction of sp³-hybridized carbons (Fsp3) is 0.346. The molecule has 2 heterocycles. The lowest BCUT2D eigenvalue weighted by Gasteiger charge is -2.13. The van der Waals surface area contributed by atoms with Crippen molar-refractivity contribution in [3.63, 3.8) is 0 Å². The zero-order valence-corrected chi connectivity index (χ0v) is 37.9. The van der Waals surface area contributed by atoms with Gasteiger partial charge in [-0.15, -0.1) is 15.0 Å². The van der Waals surface area contributed by atoms with Crippen molar-refractivity contribution < 1.29 is 29.6 Å². The number of rotatable bonds is 18. The molecule has 0 spiro atoms. The van der Waals surface area contributed by atoms with Crippen LogP contribution in [0.25, 0.3) is 50.9 Å². The summed E-state index contributed by atoms with van der Waals surface area (Å²) in [6, 6.07) is 27.8. The van der Waals surface area contributed by atoms with Gasteiger partial charge in [0.15, 0.2) is 17.5 Å². The number of phenols is 3. The Hall–Kier alpha value is -6.82. The Kier molecular flexibility index (Phi) is 16.4. The van der Waals surface area contributed by atoms with Crippen LogP contribution in [-0.4, -0.2) is 64.4 Å². The average Bonchev–Trinajstić information content (AvgIpc) is 3.71. The number of carbonyl (C=O) groups excluding carboxylic acids is 1. The number of aromatic nitrogens is 6. The van der Waals surface area contributed by atoms with Crippen molar-refractivity contribution in [1.29, 1.82) is 0 Å². The molecule has 64 heavy (non-hydrogen) atoms. The zero-order chi connectivity index (χ0) is 45.6. The SMILES string of the molecule is CCCCCCCCOC(=O)CCc1cc(C)c(O)c(-n2nc3ccccc3n2)c1.CCCCOc1ccc(-c2nc(-c3ccc(C)cc3C)nc(-c3ccc(C)cc3O)n2)c(O)c1. The van der Waals surface area contributed by atoms with E-state index in [0.29, 0.717) is 66.1 Å². The van der Waals surface area contributed by atoms with Crippen LogP contribution in [0.1, 0.15) is 99.5 Å². The van der Waals surface area contributed by atoms with E-state index in [1.165, 1.54) is 30.5 Å². The monoisotopic (exact) mass is 864 g/mol. The first-order chi connectivity index (χ1) is 30.9. The minimum absolute atomic E-state index is 0.0193. The topological polar surface area (TPSA) is 166 Å². The number of esters is 1. The molecule has 0 aliphatic rings. The summed E-state index contributed by atoms with van der Waals surface area (Å²) >= 11 is 0. The Morgan fingerprint density at radius 1 is 0.594 bits per heavy atom. The summed E-state index contributed by atoms with van der Waals surface area (Å²) in [6.45, 7) is 13.2. The number of nitrogens with zero attached hydrogens (tertiary/aromatic N) is 6. The van der Waals surface area contributed by atoms with Crippen LogP contribution in [0.5, 0.6) is 23.0 Å². The maximum atomic E-state index is 12.1. The van der Waals surface area contributed by atoms with Crippen LogP contribution in [0.2, 0.25) is 0 Å². The number of aryl methyl sites for hydroxylation is 5. The van der Waals surface area contributed by atoms with Gasteiger partial charge < -0.3 is 24.8 Å². The molecule has 0 saturated carbocycles. The second-order valence-electron chi connectivity index (χ2n) is 16.3. The van der Waals surface area contributed by atoms with E-state index in [0.717, 1.165) is 70.1 Å². The smallest absolute Gasteiger partial charge is 0.306 e. The molecule has 334 valence electrons. The van der Waals surface area contributed by atoms with Crippen LogP contribution in [0.3, 0.4) is 0 Å². The molecule has 0 saturated heterocycles. The summed E-state index contributed by atoms with van der Waals surface area (Å²) in [5.41, 5.74) is 8.63. The number of hydrogen-bond donors (Lipinski definition) is 3. The second-order valence-corrected chi connectivity index (χ2v) is 16.3. The molecule has 0 aliphatic carbocycles. The third-order valence-electron chi connectivity index (χ3n) is 10.9. The molecule has 0 fully saturated rings. The van der Waals surface area contributed by atoms with Gasteiger partial charge in [-0.25, -0.2) is 15.0 Å². The van der Waals surface area contributed by atoms with E-state index in [2.05, 4.69) is 40.1 Å². The van der Waals surface area contributed by atoms with Gasteiger partial charge in [-0.1, -0.05) is 100 Å². The Labute approximate surface area is 376 Å². The number of hydrogen-bond acceptors (Lipinski definition) is 11. The molecule has 2 aromatic heterocycles. The lowest BCUT2D eigenvalue weighted by Crippen LogP contribution is -2.08. The molecule has 3 N–H and O–H groups in total. The molecule has 0 bridgehead atoms. The highest BCUT2D eigenvalue weighted by Gasteiger charge is 2.19. The molecule has 7 rings (SSSR count). The van der Waals surface area contributed by atoms with E-state index in [4.69, 9.17) is 14.5 Å². The van der Waals surface area contributed by atoms with E-state index in [1.807, 2.05) is 82.3 Å². The van der Waals surface area contributed by atoms with Gasteiger partial charge in [0, 0.05) is 18.1 Å². The minimum atomic E-state index is -0.182. The Morgan fingerprint density at radius 2 is 1.17 bits per heavy atom. The van der Waals surface area contributed by atoms with E-state index in [9.17, 15) is 20.1 Å². The van der Waals surface area contributed by atoms with Gasteiger partial charge in [0.1, 0.15) is 39.7 Å². The number of unbranched alkanes of at least 4 members (excludes halogenated alkanes) is 6. The van der Waals surface area contributed by atoms with Crippen LogP contribution in [-0.2, 0) is 16.0 Å². The predicted octanol–water partition coefficient (Wildman–Crippen LogP) is 11.7. The standard InChI is InChI=1S/C28H29N3O3.C24H31N3O3/c1-5-6-13-34-20-9-12-23(25(33)16-20)28-30-26(21-10-7-17(2)14-19(21)4)29-27(31-28)22-11-8-18(3)15-24(22)32;1-3-4-5-6-7-10-15-30-23(28)14-13-19-16-18(2)24(29)22(17-19)27-25-20-11-8-9-12-21(20)26-27/h7-12,14-16,32-33H,5-6,13H2,1-4H3;8-9,11-12,16-17,29H,3-7,10,13-15H2,1-2H3. The van der Waals surface area contributed by atoms with Crippen molar-refractivity contribution >= 4 is 17.0 Å². The van der Waals surface area contributed by atoms with Gasteiger partial charge in [-0.05, 0) is 112 Å². The number of benzene rings is 5. The first-order valence-electron chi connectivity index (χ1n) is 22.3. The van der Waals surface area contributed by atoms with E-state index >= 15 is 0 Å². The van der Waals surface area contributed by atoms with Crippen LogP contribution in [0.15, 0.2) is 91.0 Å². The molecular formula is C52H60N6O6. The summed E-state index contributed by atoms with van der Waals surface area (Å²) in [5, 5.41) is 40.8. The van der Waals surface area contributed by atoms with E-state index < -0.39 is 0 Å². The van der Waals surface area contributed by atoms with Crippen molar-refractivity contribution in [1.82, 2.24) is 29.9 Å². The number of carbonyl (C=O) groups is 1. The van der Waals surface area contributed by atoms with Gasteiger partial charge in [0.2, 0.25) is 0 Å². The number of ether oxygens (including phenoxy) is 2. The molecule has 12 nitrogen and oxygen atoms in total. The number of phenolic OH excluding ortho intramolecular Hbond substituents is 3. The van der Waals surface area contributed by atoms with Crippen LogP contribution >= 0.6 is 0 Å². The molecule has 0 unspecified atom stereocenters. The molecule has 0 atom stereocenters. The van der Waals surface area contributed by atoms with Gasteiger partial charge in [0.05, 0.1) is 24.3 Å². The number of aromatic hydroxyl groups is 3. The Morgan fingerprint density at radius 3 is 1.80 bits per heavy atom. The molecule has 5 aromatic carbocycles. The molecule has 7 aromatic rings. The second kappa shape index (κ2) is 22.5. The maximum Gasteiger partial charge on any atom is 0.306 e. The van der Waals surface area contributed by atoms with Crippen LogP contribution < -0.4 is 4.74 Å². The van der Waals surface area contributed by atoms with Crippen molar-refractivity contribution in [2.75, 3.05) is 13.2 Å². The Bertz CT molecular complexity index is 2570. The molecule has 0 aliphatic heterocycles. The molecule has 0 amide bonds. The third-order valence-corrected chi connectivity index (χ3v) is 10.9. The van der Waals surface area contributed by atoms with Crippen molar-refractivity contribution in [3.05, 3.63) is 119 Å². The fourth-order valence-corrected chi connectivity index (χ4v) is 7.24. The molecule has 0 radical (unpaired) electrons. The third kappa shape index (κ3) is 12.4. The van der Waals surface area contributed by atoms with Crippen LogP contribution in [0, 0.1) is 27.7 Å². The lowest BCUT2D eigenvalue weighted by molar-refractivity contribution is -0.143. The van der Waals surface area contributed by atoms with Gasteiger partial charge in [0.25, 0.3) is 0 Å². The minimum Gasteiger partial charge on any atom is -0.507 e. The van der Waals surface area contributed by atoms with Gasteiger partial charge in [-0.3, -0.25) is 4.79 Å². The Balaban J connectivity index is 0.000000214. The predicted molar refractivity (Wildman–Crippen MR) is 252 cm³/mol. The molecule has 12 heteroatoms. The summed E-state index contributed by atoms with van der Waals surface area (Å²) in [6.07, 6.45) is 9.85. The van der Waals surface area contributed by atoms with Crippen LogP contribution in [0.4, 0.5) is 0 Å². The maximum absolute atomic E-state index is 12.1. The van der Waals surface area contributed by atoms with E-state index in [1.54, 1.807) is 30.3 Å². The zero-order valence-electron chi connectivity index (χ0n) is 37.9. The van der Waals surface area contributed by atoms with Crippen molar-refractivity contribution in [2.24, 2.45) is 0 Å². The van der Waals surface area contributed by atoms with Crippen molar-refractivity contribution in [2.45, 2.75) is 106 Å².